The molecule has 0 aliphatic carbocycles. The molecule has 4 nitrogen and oxygen atoms in total. The third-order valence-electron chi connectivity index (χ3n) is 3.36. The molecular weight excluding hydrogens is 252 g/mol. The van der Waals surface area contributed by atoms with E-state index < -0.39 is 0 Å². The first-order valence-electron chi connectivity index (χ1n) is 8.37. The van der Waals surface area contributed by atoms with E-state index in [0.717, 1.165) is 13.0 Å². The molecule has 0 radical (unpaired) electrons. The van der Waals surface area contributed by atoms with Crippen molar-refractivity contribution in [1.29, 1.82) is 0 Å². The lowest BCUT2D eigenvalue weighted by molar-refractivity contribution is -0.142. The first kappa shape index (κ1) is 19.4. The van der Waals surface area contributed by atoms with Gasteiger partial charge in [0.1, 0.15) is 6.61 Å². The van der Waals surface area contributed by atoms with Crippen LogP contribution >= 0.6 is 0 Å². The van der Waals surface area contributed by atoms with Crippen molar-refractivity contribution in [2.24, 2.45) is 5.73 Å². The van der Waals surface area contributed by atoms with E-state index in [0.29, 0.717) is 19.7 Å². The minimum atomic E-state index is -0.206. The molecular formula is C16H34N2O2. The highest BCUT2D eigenvalue weighted by atomic mass is 16.5. The fraction of sp³-hybridized carbons (Fsp3) is 0.938. The number of nitrogens with one attached hydrogen (secondary N) is 1. The summed E-state index contributed by atoms with van der Waals surface area (Å²) in [6.45, 7) is 4.17. The second kappa shape index (κ2) is 16.4. The average Bonchev–Trinajstić information content (AvgIpc) is 2.46. The molecule has 0 spiro atoms. The van der Waals surface area contributed by atoms with E-state index in [4.69, 9.17) is 10.5 Å². The summed E-state index contributed by atoms with van der Waals surface area (Å²) in [6, 6.07) is 0. The van der Waals surface area contributed by atoms with E-state index in [2.05, 4.69) is 12.2 Å². The van der Waals surface area contributed by atoms with Crippen molar-refractivity contribution in [3.63, 3.8) is 0 Å². The van der Waals surface area contributed by atoms with Gasteiger partial charge in [0.25, 0.3) is 0 Å². The van der Waals surface area contributed by atoms with Crippen LogP contribution in [0.4, 0.5) is 0 Å². The van der Waals surface area contributed by atoms with Crippen LogP contribution in [0, 0.1) is 0 Å². The summed E-state index contributed by atoms with van der Waals surface area (Å²) in [7, 11) is 0. The fourth-order valence-electron chi connectivity index (χ4n) is 2.15. The summed E-state index contributed by atoms with van der Waals surface area (Å²) < 4.78 is 4.86. The molecule has 20 heavy (non-hydrogen) atoms. The Labute approximate surface area is 124 Å². The molecule has 0 unspecified atom stereocenters. The van der Waals surface area contributed by atoms with Crippen molar-refractivity contribution < 1.29 is 9.53 Å². The summed E-state index contributed by atoms with van der Waals surface area (Å²) >= 11 is 0. The fourth-order valence-corrected chi connectivity index (χ4v) is 2.15. The maximum Gasteiger partial charge on any atom is 0.319 e. The second-order valence-corrected chi connectivity index (χ2v) is 5.37. The third kappa shape index (κ3) is 15.4. The molecule has 0 aliphatic heterocycles. The van der Waals surface area contributed by atoms with Crippen LogP contribution in [0.15, 0.2) is 0 Å². The lowest BCUT2D eigenvalue weighted by atomic mass is 10.1. The van der Waals surface area contributed by atoms with E-state index in [1.54, 1.807) is 0 Å². The average molecular weight is 286 g/mol. The number of hydrogen-bond donors (Lipinski definition) is 2. The lowest BCUT2D eigenvalue weighted by Crippen LogP contribution is -2.27. The highest BCUT2D eigenvalue weighted by Crippen LogP contribution is 2.10. The van der Waals surface area contributed by atoms with Crippen molar-refractivity contribution in [3.8, 4) is 0 Å². The molecule has 0 fully saturated rings. The van der Waals surface area contributed by atoms with Crippen molar-refractivity contribution in [2.45, 2.75) is 71.1 Å². The Morgan fingerprint density at radius 3 is 2.05 bits per heavy atom. The third-order valence-corrected chi connectivity index (χ3v) is 3.36. The van der Waals surface area contributed by atoms with Crippen LogP contribution in [-0.4, -0.2) is 32.2 Å². The van der Waals surface area contributed by atoms with E-state index >= 15 is 0 Å². The van der Waals surface area contributed by atoms with Gasteiger partial charge < -0.3 is 15.8 Å². The maximum absolute atomic E-state index is 11.1. The van der Waals surface area contributed by atoms with Crippen LogP contribution in [0.2, 0.25) is 0 Å². The number of unbranched alkanes of at least 4 members (excludes halogenated alkanes) is 9. The highest BCUT2D eigenvalue weighted by molar-refractivity contribution is 5.71. The summed E-state index contributed by atoms with van der Waals surface area (Å²) in [6.07, 6.45) is 13.3. The molecule has 0 aromatic rings. The zero-order chi connectivity index (χ0) is 14.9. The Morgan fingerprint density at radius 1 is 0.950 bits per heavy atom. The minimum absolute atomic E-state index is 0.206. The summed E-state index contributed by atoms with van der Waals surface area (Å²) in [4.78, 5) is 11.1. The highest BCUT2D eigenvalue weighted by Gasteiger charge is 2.00. The van der Waals surface area contributed by atoms with Gasteiger partial charge in [-0.2, -0.15) is 0 Å². The van der Waals surface area contributed by atoms with Crippen molar-refractivity contribution >= 4 is 5.97 Å². The number of carbonyl (C=O) groups is 1. The molecule has 0 bridgehead atoms. The SMILES string of the molecule is CCCCCCCCCCCCNCC(=O)OCCN. The molecule has 0 aliphatic rings. The molecule has 0 heterocycles. The Morgan fingerprint density at radius 2 is 1.50 bits per heavy atom. The van der Waals surface area contributed by atoms with Gasteiger partial charge in [-0.3, -0.25) is 4.79 Å². The van der Waals surface area contributed by atoms with E-state index in [-0.39, 0.29) is 5.97 Å². The van der Waals surface area contributed by atoms with Gasteiger partial charge in [-0.15, -0.1) is 0 Å². The topological polar surface area (TPSA) is 64.3 Å². The Bertz CT molecular complexity index is 211. The molecule has 120 valence electrons. The van der Waals surface area contributed by atoms with Gasteiger partial charge in [-0.25, -0.2) is 0 Å². The van der Waals surface area contributed by atoms with E-state index in [9.17, 15) is 4.79 Å². The largest absolute Gasteiger partial charge is 0.463 e. The monoisotopic (exact) mass is 286 g/mol. The van der Waals surface area contributed by atoms with Crippen molar-refractivity contribution in [2.75, 3.05) is 26.2 Å². The van der Waals surface area contributed by atoms with Gasteiger partial charge in [-0.05, 0) is 13.0 Å². The number of rotatable bonds is 15. The van der Waals surface area contributed by atoms with Gasteiger partial charge >= 0.3 is 5.97 Å². The molecule has 4 heteroatoms. The first-order valence-corrected chi connectivity index (χ1v) is 8.37. The van der Waals surface area contributed by atoms with Crippen LogP contribution < -0.4 is 11.1 Å². The van der Waals surface area contributed by atoms with Crippen LogP contribution in [-0.2, 0) is 9.53 Å². The molecule has 3 N–H and O–H groups in total. The summed E-state index contributed by atoms with van der Waals surface area (Å²) in [5.41, 5.74) is 5.25. The molecule has 0 atom stereocenters. The molecule has 0 saturated heterocycles. The first-order chi connectivity index (χ1) is 9.81. The van der Waals surface area contributed by atoms with Crippen LogP contribution in [0.5, 0.6) is 0 Å². The number of nitrogens with two attached hydrogens (primary N) is 1. The quantitative estimate of drug-likeness (QED) is 0.359. The standard InChI is InChI=1S/C16H34N2O2/c1-2-3-4-5-6-7-8-9-10-11-13-18-15-16(19)20-14-12-17/h18H,2-15,17H2,1H3. The Balaban J connectivity index is 3.04. The molecule has 0 aromatic carbocycles. The number of esters is 1. The van der Waals surface area contributed by atoms with Gasteiger partial charge in [0.2, 0.25) is 0 Å². The summed E-state index contributed by atoms with van der Waals surface area (Å²) in [5, 5.41) is 3.10. The number of ether oxygens (including phenoxy) is 1. The zero-order valence-corrected chi connectivity index (χ0v) is 13.3. The van der Waals surface area contributed by atoms with Crippen molar-refractivity contribution in [1.82, 2.24) is 5.32 Å². The summed E-state index contributed by atoms with van der Waals surface area (Å²) in [5.74, 6) is -0.206. The van der Waals surface area contributed by atoms with Crippen LogP contribution in [0.25, 0.3) is 0 Å². The Kier molecular flexibility index (Phi) is 15.9. The van der Waals surface area contributed by atoms with E-state index in [1.807, 2.05) is 0 Å². The molecule has 0 amide bonds. The normalized spacial score (nSPS) is 10.7. The predicted octanol–water partition coefficient (Wildman–Crippen LogP) is 3.00. The maximum atomic E-state index is 11.1. The number of carbonyl (C=O) groups excluding carboxylic acids is 1. The Hall–Kier alpha value is -0.610. The smallest absolute Gasteiger partial charge is 0.319 e. The van der Waals surface area contributed by atoms with Crippen molar-refractivity contribution in [3.05, 3.63) is 0 Å². The molecule has 0 rings (SSSR count). The number of hydrogen-bond acceptors (Lipinski definition) is 4. The van der Waals surface area contributed by atoms with Crippen LogP contribution in [0.3, 0.4) is 0 Å². The predicted molar refractivity (Wildman–Crippen MR) is 84.7 cm³/mol. The van der Waals surface area contributed by atoms with Gasteiger partial charge in [0.05, 0.1) is 6.54 Å². The van der Waals surface area contributed by atoms with Gasteiger partial charge in [-0.1, -0.05) is 64.7 Å². The minimum Gasteiger partial charge on any atom is -0.463 e. The molecule has 0 saturated carbocycles. The van der Waals surface area contributed by atoms with Crippen LogP contribution in [0.1, 0.15) is 71.1 Å². The second-order valence-electron chi connectivity index (χ2n) is 5.37. The molecule has 0 aromatic heterocycles. The van der Waals surface area contributed by atoms with E-state index in [1.165, 1.54) is 57.8 Å². The zero-order valence-electron chi connectivity index (χ0n) is 13.3. The lowest BCUT2D eigenvalue weighted by Gasteiger charge is -2.05. The van der Waals surface area contributed by atoms with Gasteiger partial charge in [0, 0.05) is 6.54 Å². The van der Waals surface area contributed by atoms with Gasteiger partial charge in [0.15, 0.2) is 0 Å².